The summed E-state index contributed by atoms with van der Waals surface area (Å²) in [6.45, 7) is 1.95. The van der Waals surface area contributed by atoms with E-state index in [0.29, 0.717) is 5.02 Å². The number of hydrogen-bond acceptors (Lipinski definition) is 3. The molecule has 122 valence electrons. The minimum Gasteiger partial charge on any atom is -0.396 e. The zero-order chi connectivity index (χ0) is 16.6. The van der Waals surface area contributed by atoms with Crippen LogP contribution in [-0.4, -0.2) is 25.4 Å². The molecule has 5 heteroatoms. The molecule has 23 heavy (non-hydrogen) atoms. The first-order valence-corrected chi connectivity index (χ1v) is 9.60. The Morgan fingerprint density at radius 3 is 2.17 bits per heavy atom. The van der Waals surface area contributed by atoms with Crippen molar-refractivity contribution in [2.24, 2.45) is 5.92 Å². The molecule has 1 saturated carbocycles. The van der Waals surface area contributed by atoms with Crippen molar-refractivity contribution in [1.29, 1.82) is 0 Å². The van der Waals surface area contributed by atoms with Gasteiger partial charge in [-0.3, -0.25) is 0 Å². The molecule has 1 aliphatic carbocycles. The second-order valence-electron chi connectivity index (χ2n) is 5.93. The second kappa shape index (κ2) is 6.27. The zero-order valence-corrected chi connectivity index (χ0v) is 14.4. The predicted octanol–water partition coefficient (Wildman–Crippen LogP) is 3.45. The summed E-state index contributed by atoms with van der Waals surface area (Å²) >= 11 is 5.83. The van der Waals surface area contributed by atoms with Gasteiger partial charge in [-0.2, -0.15) is 0 Å². The summed E-state index contributed by atoms with van der Waals surface area (Å²) in [6, 6.07) is 14.2. The molecule has 2 aromatic carbocycles. The van der Waals surface area contributed by atoms with Crippen LogP contribution in [0.25, 0.3) is 0 Å². The molecule has 3 atom stereocenters. The molecule has 1 N–H and O–H groups in total. The number of hydrogen-bond donors (Lipinski definition) is 1. The van der Waals surface area contributed by atoms with Crippen LogP contribution in [0.3, 0.4) is 0 Å². The van der Waals surface area contributed by atoms with Crippen LogP contribution < -0.4 is 0 Å². The van der Waals surface area contributed by atoms with Crippen molar-refractivity contribution in [2.75, 3.05) is 6.61 Å². The SMILES string of the molecule is CCc1ccc([C@H]2[C@H](CO)[C@@H]2S(=O)(=O)c2ccc(Cl)cc2)cc1. The van der Waals surface area contributed by atoms with E-state index in [0.717, 1.165) is 12.0 Å². The highest BCUT2D eigenvalue weighted by Gasteiger charge is 2.58. The van der Waals surface area contributed by atoms with E-state index in [1.807, 2.05) is 24.3 Å². The first kappa shape index (κ1) is 16.5. The van der Waals surface area contributed by atoms with E-state index in [4.69, 9.17) is 11.6 Å². The van der Waals surface area contributed by atoms with Gasteiger partial charge in [-0.25, -0.2) is 8.42 Å². The fourth-order valence-electron chi connectivity index (χ4n) is 3.18. The van der Waals surface area contributed by atoms with Crippen molar-refractivity contribution in [3.8, 4) is 0 Å². The average molecular weight is 351 g/mol. The van der Waals surface area contributed by atoms with E-state index < -0.39 is 15.1 Å². The molecule has 1 aliphatic rings. The molecule has 2 aromatic rings. The predicted molar refractivity (Wildman–Crippen MR) is 91.6 cm³/mol. The van der Waals surface area contributed by atoms with E-state index in [1.54, 1.807) is 12.1 Å². The van der Waals surface area contributed by atoms with Gasteiger partial charge in [-0.1, -0.05) is 42.8 Å². The van der Waals surface area contributed by atoms with Gasteiger partial charge in [0.15, 0.2) is 9.84 Å². The molecule has 0 aromatic heterocycles. The Morgan fingerprint density at radius 1 is 1.04 bits per heavy atom. The van der Waals surface area contributed by atoms with Gasteiger partial charge in [0.25, 0.3) is 0 Å². The van der Waals surface area contributed by atoms with Crippen molar-refractivity contribution >= 4 is 21.4 Å². The first-order chi connectivity index (χ1) is 11.0. The highest BCUT2D eigenvalue weighted by molar-refractivity contribution is 7.92. The summed E-state index contributed by atoms with van der Waals surface area (Å²) in [5.74, 6) is -0.394. The molecule has 0 saturated heterocycles. The first-order valence-electron chi connectivity index (χ1n) is 7.68. The maximum Gasteiger partial charge on any atom is 0.182 e. The van der Waals surface area contributed by atoms with Gasteiger partial charge in [-0.05, 0) is 41.8 Å². The van der Waals surface area contributed by atoms with Crippen LogP contribution in [0, 0.1) is 5.92 Å². The highest BCUT2D eigenvalue weighted by Crippen LogP contribution is 2.53. The van der Waals surface area contributed by atoms with Gasteiger partial charge in [0, 0.05) is 23.5 Å². The summed E-state index contributed by atoms with van der Waals surface area (Å²) < 4.78 is 25.7. The molecule has 0 spiro atoms. The van der Waals surface area contributed by atoms with Crippen molar-refractivity contribution in [2.45, 2.75) is 29.4 Å². The number of aliphatic hydroxyl groups excluding tert-OH is 1. The van der Waals surface area contributed by atoms with E-state index in [1.165, 1.54) is 17.7 Å². The van der Waals surface area contributed by atoms with Gasteiger partial charge in [0.05, 0.1) is 10.1 Å². The Bertz CT molecular complexity index is 782. The molecule has 0 aliphatic heterocycles. The van der Waals surface area contributed by atoms with Crippen LogP contribution in [0.2, 0.25) is 5.02 Å². The molecule has 0 heterocycles. The molecule has 0 bridgehead atoms. The van der Waals surface area contributed by atoms with Crippen molar-refractivity contribution in [1.82, 2.24) is 0 Å². The van der Waals surface area contributed by atoms with E-state index in [9.17, 15) is 13.5 Å². The molecule has 3 rings (SSSR count). The monoisotopic (exact) mass is 350 g/mol. The fraction of sp³-hybridized carbons (Fsp3) is 0.333. The Hall–Kier alpha value is -1.36. The maximum atomic E-state index is 12.8. The third-order valence-electron chi connectivity index (χ3n) is 4.58. The maximum absolute atomic E-state index is 12.8. The van der Waals surface area contributed by atoms with Gasteiger partial charge in [-0.15, -0.1) is 0 Å². The molecular weight excluding hydrogens is 332 g/mol. The van der Waals surface area contributed by atoms with Crippen LogP contribution in [0.15, 0.2) is 53.4 Å². The van der Waals surface area contributed by atoms with Gasteiger partial charge in [0.1, 0.15) is 0 Å². The van der Waals surface area contributed by atoms with E-state index in [2.05, 4.69) is 6.92 Å². The molecule has 3 nitrogen and oxygen atoms in total. The summed E-state index contributed by atoms with van der Waals surface area (Å²) in [5.41, 5.74) is 2.19. The Kier molecular flexibility index (Phi) is 4.50. The van der Waals surface area contributed by atoms with E-state index in [-0.39, 0.29) is 23.3 Å². The van der Waals surface area contributed by atoms with Crippen molar-refractivity contribution < 1.29 is 13.5 Å². The minimum atomic E-state index is -3.48. The summed E-state index contributed by atoms with van der Waals surface area (Å²) in [5, 5.41) is 9.51. The molecule has 0 amide bonds. The van der Waals surface area contributed by atoms with Crippen LogP contribution in [-0.2, 0) is 16.3 Å². The Labute approximate surface area is 141 Å². The van der Waals surface area contributed by atoms with Crippen LogP contribution in [0.4, 0.5) is 0 Å². The second-order valence-corrected chi connectivity index (χ2v) is 8.47. The lowest BCUT2D eigenvalue weighted by atomic mass is 10.1. The molecule has 1 fully saturated rings. The smallest absolute Gasteiger partial charge is 0.182 e. The average Bonchev–Trinajstić information content (AvgIpc) is 3.31. The number of rotatable bonds is 5. The number of aryl methyl sites for hydroxylation is 1. The molecule has 0 radical (unpaired) electrons. The molecular formula is C18H19ClO3S. The Balaban J connectivity index is 1.90. The summed E-state index contributed by atoms with van der Waals surface area (Å²) in [7, 11) is -3.48. The summed E-state index contributed by atoms with van der Waals surface area (Å²) in [6.07, 6.45) is 0.945. The lowest BCUT2D eigenvalue weighted by molar-refractivity contribution is 0.274. The third kappa shape index (κ3) is 3.03. The third-order valence-corrected chi connectivity index (χ3v) is 7.12. The van der Waals surface area contributed by atoms with Crippen LogP contribution in [0.5, 0.6) is 0 Å². The molecule has 0 unspecified atom stereocenters. The number of halogens is 1. The zero-order valence-electron chi connectivity index (χ0n) is 12.8. The van der Waals surface area contributed by atoms with Crippen LogP contribution in [0.1, 0.15) is 24.0 Å². The van der Waals surface area contributed by atoms with Gasteiger partial charge >= 0.3 is 0 Å². The number of benzene rings is 2. The van der Waals surface area contributed by atoms with Crippen molar-refractivity contribution in [3.63, 3.8) is 0 Å². The van der Waals surface area contributed by atoms with Crippen LogP contribution >= 0.6 is 11.6 Å². The standard InChI is InChI=1S/C18H19ClO3S/c1-2-12-3-5-13(6-4-12)17-16(11-20)18(17)23(21,22)15-9-7-14(19)8-10-15/h3-10,16-18,20H,2,11H2,1H3/t16-,17-,18-/m0/s1. The van der Waals surface area contributed by atoms with Gasteiger partial charge < -0.3 is 5.11 Å². The minimum absolute atomic E-state index is 0.127. The summed E-state index contributed by atoms with van der Waals surface area (Å²) in [4.78, 5) is 0.262. The fourth-order valence-corrected chi connectivity index (χ4v) is 5.50. The normalized spacial score (nSPS) is 23.7. The topological polar surface area (TPSA) is 54.4 Å². The number of aliphatic hydroxyl groups is 1. The lowest BCUT2D eigenvalue weighted by Crippen LogP contribution is -2.11. The van der Waals surface area contributed by atoms with Crippen molar-refractivity contribution in [3.05, 3.63) is 64.7 Å². The lowest BCUT2D eigenvalue weighted by Gasteiger charge is -2.05. The largest absolute Gasteiger partial charge is 0.396 e. The quantitative estimate of drug-likeness (QED) is 0.898. The highest BCUT2D eigenvalue weighted by atomic mass is 35.5. The Morgan fingerprint density at radius 2 is 1.65 bits per heavy atom. The number of sulfone groups is 1. The van der Waals surface area contributed by atoms with E-state index >= 15 is 0 Å². The van der Waals surface area contributed by atoms with Gasteiger partial charge in [0.2, 0.25) is 0 Å².